The summed E-state index contributed by atoms with van der Waals surface area (Å²) in [6, 6.07) is 11.3. The number of fused-ring (bicyclic) bond motifs is 4. The van der Waals surface area contributed by atoms with Crippen molar-refractivity contribution in [3.8, 4) is 0 Å². The predicted octanol–water partition coefficient (Wildman–Crippen LogP) is 4.21. The number of hydrogen-bond donors (Lipinski definition) is 1. The molecule has 0 aliphatic carbocycles. The second-order valence-electron chi connectivity index (χ2n) is 8.32. The highest BCUT2D eigenvalue weighted by Crippen LogP contribution is 2.37. The molecule has 6 heteroatoms. The third-order valence-electron chi connectivity index (χ3n) is 5.65. The van der Waals surface area contributed by atoms with E-state index in [9.17, 15) is 9.59 Å². The number of pyridine rings is 1. The van der Waals surface area contributed by atoms with Gasteiger partial charge < -0.3 is 14.8 Å². The second kappa shape index (κ2) is 8.07. The van der Waals surface area contributed by atoms with Gasteiger partial charge in [0, 0.05) is 48.4 Å². The second-order valence-corrected chi connectivity index (χ2v) is 8.75. The van der Waals surface area contributed by atoms with E-state index in [2.05, 4.69) is 11.4 Å². The zero-order chi connectivity index (χ0) is 20.5. The molecule has 4 rings (SSSR count). The fourth-order valence-electron chi connectivity index (χ4n) is 4.45. The van der Waals surface area contributed by atoms with Gasteiger partial charge in [-0.15, -0.1) is 0 Å². The van der Waals surface area contributed by atoms with Gasteiger partial charge in [-0.3, -0.25) is 4.79 Å². The first-order valence-corrected chi connectivity index (χ1v) is 10.5. The first-order chi connectivity index (χ1) is 13.9. The molecule has 2 atom stereocenters. The molecule has 2 amide bonds. The Morgan fingerprint density at radius 2 is 1.86 bits per heavy atom. The lowest BCUT2D eigenvalue weighted by atomic mass is 9.81. The summed E-state index contributed by atoms with van der Waals surface area (Å²) in [6.45, 7) is 5.94. The number of benzene rings is 1. The van der Waals surface area contributed by atoms with Crippen LogP contribution in [0.25, 0.3) is 12.2 Å². The fourth-order valence-corrected chi connectivity index (χ4v) is 4.58. The van der Waals surface area contributed by atoms with Gasteiger partial charge in [-0.1, -0.05) is 35.9 Å². The Bertz CT molecular complexity index is 994. The van der Waals surface area contributed by atoms with E-state index in [-0.39, 0.29) is 23.6 Å². The van der Waals surface area contributed by atoms with E-state index in [1.165, 1.54) is 0 Å². The van der Waals surface area contributed by atoms with Crippen LogP contribution in [0.4, 0.5) is 4.79 Å². The van der Waals surface area contributed by atoms with E-state index < -0.39 is 0 Å². The van der Waals surface area contributed by atoms with Crippen LogP contribution in [0.2, 0.25) is 5.02 Å². The number of nitrogens with one attached hydrogen (secondary N) is 1. The van der Waals surface area contributed by atoms with Crippen molar-refractivity contribution in [1.82, 2.24) is 14.8 Å². The van der Waals surface area contributed by atoms with Gasteiger partial charge in [-0.25, -0.2) is 4.79 Å². The number of piperidine rings is 1. The van der Waals surface area contributed by atoms with Gasteiger partial charge in [-0.2, -0.15) is 0 Å². The first kappa shape index (κ1) is 19.8. The van der Waals surface area contributed by atoms with Crippen LogP contribution < -0.4 is 10.9 Å². The Hall–Kier alpha value is -2.53. The van der Waals surface area contributed by atoms with Gasteiger partial charge in [0.1, 0.15) is 0 Å². The minimum Gasteiger partial charge on any atom is -0.336 e. The molecule has 2 aliphatic rings. The number of urea groups is 1. The van der Waals surface area contributed by atoms with Gasteiger partial charge in [0.2, 0.25) is 0 Å². The average molecular weight is 412 g/mol. The van der Waals surface area contributed by atoms with Gasteiger partial charge in [-0.05, 0) is 55.5 Å². The zero-order valence-corrected chi connectivity index (χ0v) is 17.5. The van der Waals surface area contributed by atoms with Crippen molar-refractivity contribution >= 4 is 29.8 Å². The minimum atomic E-state index is -0.0142. The monoisotopic (exact) mass is 411 g/mol. The number of hydrogen-bond acceptors (Lipinski definition) is 2. The van der Waals surface area contributed by atoms with Crippen LogP contribution in [0.15, 0.2) is 41.2 Å². The molecule has 152 valence electrons. The lowest BCUT2D eigenvalue weighted by molar-refractivity contribution is 0.129. The highest BCUT2D eigenvalue weighted by Gasteiger charge is 2.37. The summed E-state index contributed by atoms with van der Waals surface area (Å²) in [5.74, 6) is 0.478. The Morgan fingerprint density at radius 1 is 1.10 bits per heavy atom. The van der Waals surface area contributed by atoms with E-state index in [4.69, 9.17) is 11.6 Å². The number of aromatic nitrogens is 1. The molecular weight excluding hydrogens is 386 g/mol. The predicted molar refractivity (Wildman–Crippen MR) is 117 cm³/mol. The van der Waals surface area contributed by atoms with Crippen LogP contribution in [-0.4, -0.2) is 34.6 Å². The number of carbonyl (C=O) groups excluding carboxylic acids is 1. The van der Waals surface area contributed by atoms with Gasteiger partial charge >= 0.3 is 6.03 Å². The minimum absolute atomic E-state index is 0.0142. The Balaban J connectivity index is 1.65. The summed E-state index contributed by atoms with van der Waals surface area (Å²) in [5, 5.41) is 3.70. The quantitative estimate of drug-likeness (QED) is 0.822. The molecule has 1 fully saturated rings. The molecule has 0 saturated carbocycles. The molecule has 1 N–H and O–H groups in total. The van der Waals surface area contributed by atoms with Crippen LogP contribution >= 0.6 is 11.6 Å². The summed E-state index contributed by atoms with van der Waals surface area (Å²) in [4.78, 5) is 27.0. The van der Waals surface area contributed by atoms with Gasteiger partial charge in [0.05, 0.1) is 0 Å². The summed E-state index contributed by atoms with van der Waals surface area (Å²) in [5.41, 5.74) is 3.17. The van der Waals surface area contributed by atoms with E-state index >= 15 is 0 Å². The van der Waals surface area contributed by atoms with E-state index in [1.54, 1.807) is 6.07 Å². The maximum atomic E-state index is 12.6. The van der Waals surface area contributed by atoms with Crippen LogP contribution in [0, 0.1) is 5.92 Å². The molecule has 0 radical (unpaired) electrons. The first-order valence-electron chi connectivity index (χ1n) is 10.1. The topological polar surface area (TPSA) is 54.3 Å². The molecule has 1 aromatic heterocycles. The third-order valence-corrected chi connectivity index (χ3v) is 5.90. The van der Waals surface area contributed by atoms with Gasteiger partial charge in [0.25, 0.3) is 5.56 Å². The molecule has 2 aromatic rings. The average Bonchev–Trinajstić information content (AvgIpc) is 2.68. The number of amides is 2. The van der Waals surface area contributed by atoms with Crippen molar-refractivity contribution in [2.45, 2.75) is 38.8 Å². The number of rotatable bonds is 3. The number of nitrogens with zero attached hydrogens (tertiary/aromatic N) is 2. The molecule has 3 heterocycles. The number of halogens is 1. The van der Waals surface area contributed by atoms with Crippen LogP contribution in [0.1, 0.15) is 43.0 Å². The van der Waals surface area contributed by atoms with Crippen molar-refractivity contribution in [3.63, 3.8) is 0 Å². The Labute approximate surface area is 176 Å². The van der Waals surface area contributed by atoms with E-state index in [0.717, 1.165) is 23.2 Å². The van der Waals surface area contributed by atoms with Crippen molar-refractivity contribution in [1.29, 1.82) is 0 Å². The van der Waals surface area contributed by atoms with Gasteiger partial charge in [0.15, 0.2) is 0 Å². The molecule has 5 nitrogen and oxygen atoms in total. The number of likely N-dealkylation sites (tertiary alicyclic amines) is 1. The summed E-state index contributed by atoms with van der Waals surface area (Å²) >= 11 is 5.97. The smallest absolute Gasteiger partial charge is 0.317 e. The zero-order valence-electron chi connectivity index (χ0n) is 16.8. The van der Waals surface area contributed by atoms with Crippen molar-refractivity contribution in [2.75, 3.05) is 13.1 Å². The maximum Gasteiger partial charge on any atom is 0.317 e. The molecule has 2 bridgehead atoms. The molecule has 0 spiro atoms. The van der Waals surface area contributed by atoms with E-state index in [1.807, 2.05) is 59.7 Å². The molecule has 1 saturated heterocycles. The number of carbonyl (C=O) groups is 1. The highest BCUT2D eigenvalue weighted by molar-refractivity contribution is 6.30. The SMILES string of the molecule is CC(C)NC(=O)N1C[C@@H]2C[C@H](C1)c1c(/C=C/c3ccc(Cl)cc3)ccc(=O)n1C2. The van der Waals surface area contributed by atoms with Crippen molar-refractivity contribution in [3.05, 3.63) is 68.6 Å². The molecule has 1 aromatic carbocycles. The van der Waals surface area contributed by atoms with Crippen molar-refractivity contribution in [2.24, 2.45) is 5.92 Å². The molecule has 29 heavy (non-hydrogen) atoms. The largest absolute Gasteiger partial charge is 0.336 e. The lowest BCUT2D eigenvalue weighted by Gasteiger charge is -2.43. The molecule has 0 unspecified atom stereocenters. The van der Waals surface area contributed by atoms with Crippen LogP contribution in [0.3, 0.4) is 0 Å². The molecule has 2 aliphatic heterocycles. The Morgan fingerprint density at radius 3 is 2.59 bits per heavy atom. The Kier molecular flexibility index (Phi) is 5.50. The summed E-state index contributed by atoms with van der Waals surface area (Å²) in [7, 11) is 0. The van der Waals surface area contributed by atoms with Crippen LogP contribution in [-0.2, 0) is 6.54 Å². The summed E-state index contributed by atoms with van der Waals surface area (Å²) in [6.07, 6.45) is 5.10. The maximum absolute atomic E-state index is 12.6. The fraction of sp³-hybridized carbons (Fsp3) is 0.391. The standard InChI is InChI=1S/C23H26ClN3O2/c1-15(2)25-23(29)26-12-17-11-19(14-26)22-18(7-10-21(28)27(22)13-17)6-3-16-4-8-20(24)9-5-16/h3-10,15,17,19H,11-14H2,1-2H3,(H,25,29)/b6-3+/t17-,19+/m0/s1. The molecular formula is C23H26ClN3O2. The lowest BCUT2D eigenvalue weighted by Crippen LogP contribution is -2.53. The van der Waals surface area contributed by atoms with Crippen molar-refractivity contribution < 1.29 is 4.79 Å². The van der Waals surface area contributed by atoms with E-state index in [0.29, 0.717) is 30.6 Å². The van der Waals surface area contributed by atoms with Crippen LogP contribution in [0.5, 0.6) is 0 Å². The third kappa shape index (κ3) is 4.25. The normalized spacial score (nSPS) is 20.8. The summed E-state index contributed by atoms with van der Waals surface area (Å²) < 4.78 is 1.91. The highest BCUT2D eigenvalue weighted by atomic mass is 35.5.